The number of nitrogens with zero attached hydrogens (tertiary/aromatic N) is 1. The van der Waals surface area contributed by atoms with Gasteiger partial charge in [0.15, 0.2) is 0 Å². The van der Waals surface area contributed by atoms with E-state index in [-0.39, 0.29) is 6.10 Å². The second-order valence-corrected chi connectivity index (χ2v) is 5.29. The molecule has 0 radical (unpaired) electrons. The molecule has 0 aliphatic carbocycles. The minimum absolute atomic E-state index is 0.176. The molecule has 4 heteroatoms. The van der Waals surface area contributed by atoms with E-state index in [1.165, 1.54) is 0 Å². The molecule has 2 rings (SSSR count). The maximum Gasteiger partial charge on any atom is 0.136 e. The van der Waals surface area contributed by atoms with Gasteiger partial charge in [-0.25, -0.2) is 0 Å². The van der Waals surface area contributed by atoms with Gasteiger partial charge in [-0.15, -0.1) is 0 Å². The van der Waals surface area contributed by atoms with E-state index in [1.54, 1.807) is 0 Å². The number of rotatable bonds is 5. The molecule has 0 aromatic heterocycles. The van der Waals surface area contributed by atoms with Gasteiger partial charge in [-0.1, -0.05) is 40.2 Å². The zero-order valence-electron chi connectivity index (χ0n) is 10.9. The van der Waals surface area contributed by atoms with Crippen LogP contribution in [-0.2, 0) is 6.42 Å². The van der Waals surface area contributed by atoms with Gasteiger partial charge >= 0.3 is 0 Å². The molecule has 2 aromatic rings. The molecule has 0 aliphatic heterocycles. The van der Waals surface area contributed by atoms with Crippen LogP contribution in [0.5, 0.6) is 5.75 Å². The first-order valence-corrected chi connectivity index (χ1v) is 7.10. The normalized spacial score (nSPS) is 11.7. The lowest BCUT2D eigenvalue weighted by Crippen LogP contribution is -2.18. The summed E-state index contributed by atoms with van der Waals surface area (Å²) in [6.07, 6.45) is 0.234. The van der Waals surface area contributed by atoms with Gasteiger partial charge in [0, 0.05) is 11.0 Å². The number of halogens is 1. The molecule has 0 aliphatic rings. The van der Waals surface area contributed by atoms with Crippen molar-refractivity contribution in [2.24, 2.45) is 5.73 Å². The zero-order valence-corrected chi connectivity index (χ0v) is 12.5. The van der Waals surface area contributed by atoms with Crippen LogP contribution < -0.4 is 10.5 Å². The Bertz CT molecular complexity index is 587. The van der Waals surface area contributed by atoms with E-state index in [2.05, 4.69) is 22.0 Å². The van der Waals surface area contributed by atoms with E-state index in [0.717, 1.165) is 21.3 Å². The Balaban J connectivity index is 2.10. The molecule has 20 heavy (non-hydrogen) atoms. The summed E-state index contributed by atoms with van der Waals surface area (Å²) in [4.78, 5) is 0. The summed E-state index contributed by atoms with van der Waals surface area (Å²) in [5, 5.41) is 8.64. The standard InChI is InChI=1S/C16H15BrN2O/c17-14-5-3-13(4-6-14)16(11-19)20-15-7-1-12(2-8-15)9-10-18/h1-8,16H,9,11,19H2. The average Bonchev–Trinajstić information content (AvgIpc) is 2.48. The molecule has 1 atom stereocenters. The number of nitrogens with two attached hydrogens (primary N) is 1. The van der Waals surface area contributed by atoms with Crippen LogP contribution >= 0.6 is 15.9 Å². The van der Waals surface area contributed by atoms with Crippen molar-refractivity contribution in [3.05, 3.63) is 64.1 Å². The third kappa shape index (κ3) is 3.83. The van der Waals surface area contributed by atoms with E-state index in [1.807, 2.05) is 48.5 Å². The second kappa shape index (κ2) is 7.09. The molecule has 0 spiro atoms. The summed E-state index contributed by atoms with van der Waals surface area (Å²) in [7, 11) is 0. The molecule has 2 aromatic carbocycles. The van der Waals surface area contributed by atoms with Gasteiger partial charge < -0.3 is 10.5 Å². The Labute approximate surface area is 127 Å². The lowest BCUT2D eigenvalue weighted by atomic mass is 10.1. The van der Waals surface area contributed by atoms with Crippen molar-refractivity contribution in [3.63, 3.8) is 0 Å². The van der Waals surface area contributed by atoms with Crippen LogP contribution in [0.25, 0.3) is 0 Å². The minimum Gasteiger partial charge on any atom is -0.484 e. The van der Waals surface area contributed by atoms with Crippen LogP contribution in [-0.4, -0.2) is 6.54 Å². The predicted molar refractivity (Wildman–Crippen MR) is 82.3 cm³/mol. The monoisotopic (exact) mass is 330 g/mol. The number of hydrogen-bond acceptors (Lipinski definition) is 3. The van der Waals surface area contributed by atoms with E-state index in [9.17, 15) is 0 Å². The average molecular weight is 331 g/mol. The maximum absolute atomic E-state index is 8.64. The van der Waals surface area contributed by atoms with Crippen molar-refractivity contribution < 1.29 is 4.74 Å². The molecular weight excluding hydrogens is 316 g/mol. The highest BCUT2D eigenvalue weighted by molar-refractivity contribution is 9.10. The largest absolute Gasteiger partial charge is 0.484 e. The molecule has 0 amide bonds. The first kappa shape index (κ1) is 14.6. The van der Waals surface area contributed by atoms with E-state index in [4.69, 9.17) is 15.7 Å². The summed E-state index contributed by atoms with van der Waals surface area (Å²) in [6, 6.07) is 17.6. The Hall–Kier alpha value is -1.83. The number of hydrogen-bond donors (Lipinski definition) is 1. The van der Waals surface area contributed by atoms with Gasteiger partial charge in [-0.2, -0.15) is 5.26 Å². The topological polar surface area (TPSA) is 59.0 Å². The van der Waals surface area contributed by atoms with Crippen LogP contribution in [0.1, 0.15) is 17.2 Å². The first-order valence-electron chi connectivity index (χ1n) is 6.31. The Morgan fingerprint density at radius 1 is 1.10 bits per heavy atom. The van der Waals surface area contributed by atoms with Crippen molar-refractivity contribution in [2.75, 3.05) is 6.54 Å². The lowest BCUT2D eigenvalue weighted by Gasteiger charge is -2.18. The van der Waals surface area contributed by atoms with Crippen molar-refractivity contribution in [2.45, 2.75) is 12.5 Å². The molecule has 0 bridgehead atoms. The quantitative estimate of drug-likeness (QED) is 0.911. The van der Waals surface area contributed by atoms with Gasteiger partial charge in [0.2, 0.25) is 0 Å². The fraction of sp³-hybridized carbons (Fsp3) is 0.188. The maximum atomic E-state index is 8.64. The molecule has 102 valence electrons. The van der Waals surface area contributed by atoms with Crippen LogP contribution in [0.4, 0.5) is 0 Å². The van der Waals surface area contributed by atoms with Gasteiger partial charge in [0.05, 0.1) is 12.5 Å². The van der Waals surface area contributed by atoms with Crippen LogP contribution in [0.2, 0.25) is 0 Å². The van der Waals surface area contributed by atoms with Crippen molar-refractivity contribution in [1.29, 1.82) is 5.26 Å². The smallest absolute Gasteiger partial charge is 0.136 e. The second-order valence-electron chi connectivity index (χ2n) is 4.37. The Morgan fingerprint density at radius 3 is 2.30 bits per heavy atom. The molecule has 0 fully saturated rings. The van der Waals surface area contributed by atoms with Crippen molar-refractivity contribution >= 4 is 15.9 Å². The summed E-state index contributed by atoms with van der Waals surface area (Å²) in [5.74, 6) is 0.755. The fourth-order valence-electron chi connectivity index (χ4n) is 1.87. The van der Waals surface area contributed by atoms with Crippen LogP contribution in [0.15, 0.2) is 53.0 Å². The third-order valence-corrected chi connectivity index (χ3v) is 3.47. The number of nitriles is 1. The van der Waals surface area contributed by atoms with Crippen molar-refractivity contribution in [1.82, 2.24) is 0 Å². The summed E-state index contributed by atoms with van der Waals surface area (Å²) >= 11 is 3.41. The highest BCUT2D eigenvalue weighted by Gasteiger charge is 2.11. The number of ether oxygens (including phenoxy) is 1. The molecule has 1 unspecified atom stereocenters. The number of benzene rings is 2. The lowest BCUT2D eigenvalue weighted by molar-refractivity contribution is 0.214. The summed E-state index contributed by atoms with van der Waals surface area (Å²) in [5.41, 5.74) is 7.81. The Morgan fingerprint density at radius 2 is 1.75 bits per heavy atom. The molecule has 3 nitrogen and oxygen atoms in total. The predicted octanol–water partition coefficient (Wildman–Crippen LogP) is 3.59. The summed E-state index contributed by atoms with van der Waals surface area (Å²) in [6.45, 7) is 0.404. The molecule has 2 N–H and O–H groups in total. The van der Waals surface area contributed by atoms with Gasteiger partial charge in [0.1, 0.15) is 11.9 Å². The summed E-state index contributed by atoms with van der Waals surface area (Å²) < 4.78 is 6.93. The third-order valence-electron chi connectivity index (χ3n) is 2.94. The van der Waals surface area contributed by atoms with E-state index < -0.39 is 0 Å². The minimum atomic E-state index is -0.176. The molecule has 0 saturated carbocycles. The van der Waals surface area contributed by atoms with E-state index in [0.29, 0.717) is 13.0 Å². The van der Waals surface area contributed by atoms with Crippen molar-refractivity contribution in [3.8, 4) is 11.8 Å². The first-order chi connectivity index (χ1) is 9.72. The molecule has 0 heterocycles. The zero-order chi connectivity index (χ0) is 14.4. The van der Waals surface area contributed by atoms with Gasteiger partial charge in [-0.3, -0.25) is 0 Å². The van der Waals surface area contributed by atoms with Gasteiger partial charge in [-0.05, 0) is 35.4 Å². The van der Waals surface area contributed by atoms with E-state index >= 15 is 0 Å². The SMILES string of the molecule is N#CCc1ccc(OC(CN)c2ccc(Br)cc2)cc1. The van der Waals surface area contributed by atoms with Crippen LogP contribution in [0.3, 0.4) is 0 Å². The Kier molecular flexibility index (Phi) is 5.16. The molecular formula is C16H15BrN2O. The van der Waals surface area contributed by atoms with Crippen LogP contribution in [0, 0.1) is 11.3 Å². The molecule has 0 saturated heterocycles. The van der Waals surface area contributed by atoms with Gasteiger partial charge in [0.25, 0.3) is 0 Å². The highest BCUT2D eigenvalue weighted by Crippen LogP contribution is 2.23. The highest BCUT2D eigenvalue weighted by atomic mass is 79.9. The fourth-order valence-corrected chi connectivity index (χ4v) is 2.14.